The topological polar surface area (TPSA) is 32.7 Å². The summed E-state index contributed by atoms with van der Waals surface area (Å²) in [6, 6.07) is 8.22. The fourth-order valence-corrected chi connectivity index (χ4v) is 2.68. The second-order valence-electron chi connectivity index (χ2n) is 5.66. The smallest absolute Gasteiger partial charge is 0.125 e. The molecule has 0 bridgehead atoms. The predicted octanol–water partition coefficient (Wildman–Crippen LogP) is 2.39. The van der Waals surface area contributed by atoms with Crippen molar-refractivity contribution in [2.24, 2.45) is 0 Å². The van der Waals surface area contributed by atoms with E-state index in [-0.39, 0.29) is 6.10 Å². The highest BCUT2D eigenvalue weighted by Gasteiger charge is 2.42. The Balaban J connectivity index is 2.33. The molecule has 1 aliphatic rings. The molecule has 1 aromatic rings. The van der Waals surface area contributed by atoms with Gasteiger partial charge in [0.2, 0.25) is 0 Å². The first-order chi connectivity index (χ1) is 8.42. The van der Waals surface area contributed by atoms with Crippen LogP contribution in [-0.4, -0.2) is 35.7 Å². The number of para-hydroxylation sites is 1. The molecule has 100 valence electrons. The van der Waals surface area contributed by atoms with Gasteiger partial charge in [-0.25, -0.2) is 0 Å². The third kappa shape index (κ3) is 2.52. The highest BCUT2D eigenvalue weighted by molar-refractivity contribution is 5.39. The zero-order valence-electron chi connectivity index (χ0n) is 11.7. The Hall–Kier alpha value is -1.06. The number of nitrogens with zero attached hydrogens (tertiary/aromatic N) is 1. The third-order valence-corrected chi connectivity index (χ3v) is 3.65. The van der Waals surface area contributed by atoms with E-state index in [0.29, 0.717) is 12.6 Å². The summed E-state index contributed by atoms with van der Waals surface area (Å²) in [7, 11) is 2.05. The molecule has 2 unspecified atom stereocenters. The summed E-state index contributed by atoms with van der Waals surface area (Å²) in [6.45, 7) is 6.81. The van der Waals surface area contributed by atoms with Crippen molar-refractivity contribution in [2.45, 2.75) is 44.9 Å². The Morgan fingerprint density at radius 3 is 2.61 bits per heavy atom. The second kappa shape index (κ2) is 4.90. The molecule has 0 spiro atoms. The van der Waals surface area contributed by atoms with Crippen LogP contribution in [0.4, 0.5) is 0 Å². The number of hydrogen-bond acceptors (Lipinski definition) is 3. The Labute approximate surface area is 109 Å². The molecular weight excluding hydrogens is 226 g/mol. The largest absolute Gasteiger partial charge is 0.491 e. The maximum absolute atomic E-state index is 10.9. The molecule has 1 heterocycles. The molecule has 2 atom stereocenters. The van der Waals surface area contributed by atoms with Gasteiger partial charge in [-0.05, 0) is 40.3 Å². The third-order valence-electron chi connectivity index (χ3n) is 3.65. The Kier molecular flexibility index (Phi) is 3.64. The van der Waals surface area contributed by atoms with E-state index in [9.17, 15) is 5.11 Å². The molecule has 1 aromatic carbocycles. The summed E-state index contributed by atoms with van der Waals surface area (Å²) in [5, 5.41) is 10.9. The van der Waals surface area contributed by atoms with Crippen LogP contribution in [0.1, 0.15) is 32.8 Å². The lowest BCUT2D eigenvalue weighted by Gasteiger charge is -2.26. The molecule has 0 saturated carbocycles. The molecule has 3 nitrogen and oxygen atoms in total. The fraction of sp³-hybridized carbons (Fsp3) is 0.600. The van der Waals surface area contributed by atoms with Gasteiger partial charge < -0.3 is 14.7 Å². The van der Waals surface area contributed by atoms with Crippen molar-refractivity contribution in [1.82, 2.24) is 4.90 Å². The van der Waals surface area contributed by atoms with E-state index in [4.69, 9.17) is 4.74 Å². The lowest BCUT2D eigenvalue weighted by atomic mass is 9.90. The number of likely N-dealkylation sites (N-methyl/N-ethyl adjacent to an activating group) is 1. The van der Waals surface area contributed by atoms with Gasteiger partial charge in [0.1, 0.15) is 11.4 Å². The van der Waals surface area contributed by atoms with Crippen molar-refractivity contribution in [3.8, 4) is 5.75 Å². The molecule has 0 amide bonds. The van der Waals surface area contributed by atoms with Gasteiger partial charge in [-0.15, -0.1) is 0 Å². The Bertz CT molecular complexity index is 407. The minimum Gasteiger partial charge on any atom is -0.491 e. The van der Waals surface area contributed by atoms with Gasteiger partial charge in [-0.1, -0.05) is 18.2 Å². The van der Waals surface area contributed by atoms with Gasteiger partial charge in [-0.2, -0.15) is 0 Å². The van der Waals surface area contributed by atoms with Crippen molar-refractivity contribution < 1.29 is 9.84 Å². The van der Waals surface area contributed by atoms with Crippen molar-refractivity contribution >= 4 is 0 Å². The maximum atomic E-state index is 10.9. The molecule has 2 rings (SSSR count). The lowest BCUT2D eigenvalue weighted by Crippen LogP contribution is -2.30. The van der Waals surface area contributed by atoms with Crippen LogP contribution in [0.3, 0.4) is 0 Å². The molecule has 18 heavy (non-hydrogen) atoms. The number of likely N-dealkylation sites (tertiary alicyclic amines) is 1. The molecule has 1 N–H and O–H groups in total. The van der Waals surface area contributed by atoms with Crippen LogP contribution < -0.4 is 4.74 Å². The highest BCUT2D eigenvalue weighted by atomic mass is 16.5. The molecule has 1 aliphatic heterocycles. The van der Waals surface area contributed by atoms with Gasteiger partial charge in [0.05, 0.1) is 6.10 Å². The molecule has 1 saturated heterocycles. The lowest BCUT2D eigenvalue weighted by molar-refractivity contribution is 0.0443. The summed E-state index contributed by atoms with van der Waals surface area (Å²) in [5.74, 6) is 0.803. The standard InChI is InChI=1S/C15H23NO2/c1-11(2)18-14-8-6-5-7-13(14)15(17)9-12(3)16(4)10-15/h5-8,11-12,17H,9-10H2,1-4H3. The van der Waals surface area contributed by atoms with Crippen LogP contribution in [0.25, 0.3) is 0 Å². The number of benzene rings is 1. The average molecular weight is 249 g/mol. The van der Waals surface area contributed by atoms with E-state index < -0.39 is 5.60 Å². The predicted molar refractivity (Wildman–Crippen MR) is 72.8 cm³/mol. The maximum Gasteiger partial charge on any atom is 0.125 e. The van der Waals surface area contributed by atoms with Crippen LogP contribution in [0.2, 0.25) is 0 Å². The highest BCUT2D eigenvalue weighted by Crippen LogP contribution is 2.39. The van der Waals surface area contributed by atoms with Crippen LogP contribution >= 0.6 is 0 Å². The summed E-state index contributed by atoms with van der Waals surface area (Å²) < 4.78 is 5.81. The normalized spacial score (nSPS) is 28.9. The number of ether oxygens (including phenoxy) is 1. The number of aliphatic hydroxyl groups is 1. The Morgan fingerprint density at radius 2 is 2.06 bits per heavy atom. The fourth-order valence-electron chi connectivity index (χ4n) is 2.68. The number of β-amino-alcohol motifs (C(OH)–C–C–N with tert-alkyl or cyclic N) is 1. The van der Waals surface area contributed by atoms with E-state index in [2.05, 4.69) is 18.9 Å². The first kappa shape index (κ1) is 13.4. The summed E-state index contributed by atoms with van der Waals surface area (Å²) in [5.41, 5.74) is 0.120. The van der Waals surface area contributed by atoms with E-state index in [0.717, 1.165) is 17.7 Å². The summed E-state index contributed by atoms with van der Waals surface area (Å²) >= 11 is 0. The molecule has 1 fully saturated rings. The van der Waals surface area contributed by atoms with Crippen molar-refractivity contribution in [1.29, 1.82) is 0 Å². The summed E-state index contributed by atoms with van der Waals surface area (Å²) in [6.07, 6.45) is 0.869. The number of rotatable bonds is 3. The average Bonchev–Trinajstić information content (AvgIpc) is 2.53. The van der Waals surface area contributed by atoms with Crippen LogP contribution in [0, 0.1) is 0 Å². The zero-order valence-corrected chi connectivity index (χ0v) is 11.7. The van der Waals surface area contributed by atoms with Crippen LogP contribution in [0.5, 0.6) is 5.75 Å². The van der Waals surface area contributed by atoms with Gasteiger partial charge >= 0.3 is 0 Å². The van der Waals surface area contributed by atoms with E-state index in [1.165, 1.54) is 0 Å². The zero-order chi connectivity index (χ0) is 13.3. The van der Waals surface area contributed by atoms with E-state index in [1.807, 2.05) is 38.1 Å². The first-order valence-corrected chi connectivity index (χ1v) is 6.61. The summed E-state index contributed by atoms with van der Waals surface area (Å²) in [4.78, 5) is 2.19. The molecular formula is C15H23NO2. The van der Waals surface area contributed by atoms with Gasteiger partial charge in [0.25, 0.3) is 0 Å². The second-order valence-corrected chi connectivity index (χ2v) is 5.66. The van der Waals surface area contributed by atoms with Gasteiger partial charge in [0.15, 0.2) is 0 Å². The first-order valence-electron chi connectivity index (χ1n) is 6.61. The molecule has 0 aromatic heterocycles. The molecule has 3 heteroatoms. The van der Waals surface area contributed by atoms with E-state index in [1.54, 1.807) is 0 Å². The van der Waals surface area contributed by atoms with Gasteiger partial charge in [0, 0.05) is 18.2 Å². The van der Waals surface area contributed by atoms with Crippen LogP contribution in [-0.2, 0) is 5.60 Å². The van der Waals surface area contributed by atoms with E-state index >= 15 is 0 Å². The monoisotopic (exact) mass is 249 g/mol. The number of hydrogen-bond donors (Lipinski definition) is 1. The van der Waals surface area contributed by atoms with Crippen molar-refractivity contribution in [3.05, 3.63) is 29.8 Å². The van der Waals surface area contributed by atoms with Crippen molar-refractivity contribution in [3.63, 3.8) is 0 Å². The minimum atomic E-state index is -0.792. The quantitative estimate of drug-likeness (QED) is 0.892. The van der Waals surface area contributed by atoms with Crippen molar-refractivity contribution in [2.75, 3.05) is 13.6 Å². The van der Waals surface area contributed by atoms with Crippen LogP contribution in [0.15, 0.2) is 24.3 Å². The molecule has 0 radical (unpaired) electrons. The molecule has 0 aliphatic carbocycles. The Morgan fingerprint density at radius 1 is 1.39 bits per heavy atom. The minimum absolute atomic E-state index is 0.117. The SMILES string of the molecule is CC(C)Oc1ccccc1C1(O)CC(C)N(C)C1. The van der Waals surface area contributed by atoms with Gasteiger partial charge in [-0.3, -0.25) is 0 Å².